The highest BCUT2D eigenvalue weighted by molar-refractivity contribution is 5.61. The van der Waals surface area contributed by atoms with E-state index in [-0.39, 0.29) is 5.82 Å². The van der Waals surface area contributed by atoms with E-state index in [1.165, 1.54) is 6.07 Å². The second-order valence-electron chi connectivity index (χ2n) is 4.29. The zero-order chi connectivity index (χ0) is 13.8. The molecule has 0 bridgehead atoms. The molecule has 0 aliphatic carbocycles. The summed E-state index contributed by atoms with van der Waals surface area (Å²) >= 11 is 0. The van der Waals surface area contributed by atoms with Crippen LogP contribution >= 0.6 is 0 Å². The molecular formula is C14H17FN4. The molecule has 0 atom stereocenters. The van der Waals surface area contributed by atoms with Gasteiger partial charge in [0.2, 0.25) is 5.95 Å². The molecule has 1 heterocycles. The van der Waals surface area contributed by atoms with Gasteiger partial charge in [-0.05, 0) is 32.9 Å². The molecule has 0 radical (unpaired) electrons. The first kappa shape index (κ1) is 13.3. The molecule has 4 nitrogen and oxygen atoms in total. The fourth-order valence-electron chi connectivity index (χ4n) is 1.75. The highest BCUT2D eigenvalue weighted by Crippen LogP contribution is 2.22. The standard InChI is InChI=1S/C14H17FN4/c1-4-16-14-17-9(2)8-13(19-14)18-12-7-5-6-11(15)10(12)3/h5-8H,4H2,1-3H3,(H2,16,17,18,19). The number of halogens is 1. The van der Waals surface area contributed by atoms with E-state index in [1.807, 2.05) is 26.0 Å². The molecular weight excluding hydrogens is 243 g/mol. The van der Waals surface area contributed by atoms with Crippen LogP contribution in [-0.4, -0.2) is 16.5 Å². The van der Waals surface area contributed by atoms with Gasteiger partial charge < -0.3 is 10.6 Å². The summed E-state index contributed by atoms with van der Waals surface area (Å²) in [5, 5.41) is 6.19. The van der Waals surface area contributed by atoms with E-state index in [2.05, 4.69) is 20.6 Å². The number of nitrogens with zero attached hydrogens (tertiary/aromatic N) is 2. The van der Waals surface area contributed by atoms with Crippen LogP contribution in [0.25, 0.3) is 0 Å². The summed E-state index contributed by atoms with van der Waals surface area (Å²) in [5.41, 5.74) is 2.13. The maximum Gasteiger partial charge on any atom is 0.224 e. The number of anilines is 3. The van der Waals surface area contributed by atoms with Crippen LogP contribution in [0.1, 0.15) is 18.2 Å². The lowest BCUT2D eigenvalue weighted by atomic mass is 10.2. The Morgan fingerprint density at radius 3 is 2.74 bits per heavy atom. The quantitative estimate of drug-likeness (QED) is 0.884. The molecule has 0 amide bonds. The van der Waals surface area contributed by atoms with Crippen molar-refractivity contribution in [3.63, 3.8) is 0 Å². The zero-order valence-corrected chi connectivity index (χ0v) is 11.3. The Hall–Kier alpha value is -2.17. The van der Waals surface area contributed by atoms with Crippen molar-refractivity contribution < 1.29 is 4.39 Å². The lowest BCUT2D eigenvalue weighted by Gasteiger charge is -2.11. The second-order valence-corrected chi connectivity index (χ2v) is 4.29. The van der Waals surface area contributed by atoms with Gasteiger partial charge in [-0.15, -0.1) is 0 Å². The summed E-state index contributed by atoms with van der Waals surface area (Å²) in [6, 6.07) is 6.76. The van der Waals surface area contributed by atoms with E-state index in [4.69, 9.17) is 0 Å². The van der Waals surface area contributed by atoms with Crippen LogP contribution in [-0.2, 0) is 0 Å². The van der Waals surface area contributed by atoms with E-state index in [1.54, 1.807) is 13.0 Å². The fourth-order valence-corrected chi connectivity index (χ4v) is 1.75. The zero-order valence-electron chi connectivity index (χ0n) is 11.3. The number of nitrogens with one attached hydrogen (secondary N) is 2. The molecule has 19 heavy (non-hydrogen) atoms. The lowest BCUT2D eigenvalue weighted by molar-refractivity contribution is 0.619. The third-order valence-corrected chi connectivity index (χ3v) is 2.72. The number of hydrogen-bond acceptors (Lipinski definition) is 4. The van der Waals surface area contributed by atoms with Crippen molar-refractivity contribution in [2.24, 2.45) is 0 Å². The van der Waals surface area contributed by atoms with E-state index in [9.17, 15) is 4.39 Å². The predicted octanol–water partition coefficient (Wildman–Crippen LogP) is 3.41. The Morgan fingerprint density at radius 2 is 2.00 bits per heavy atom. The molecule has 0 saturated carbocycles. The highest BCUT2D eigenvalue weighted by Gasteiger charge is 2.06. The third-order valence-electron chi connectivity index (χ3n) is 2.72. The van der Waals surface area contributed by atoms with Crippen LogP contribution in [0.15, 0.2) is 24.3 Å². The summed E-state index contributed by atoms with van der Waals surface area (Å²) < 4.78 is 13.5. The molecule has 1 aromatic carbocycles. The fraction of sp³-hybridized carbons (Fsp3) is 0.286. The maximum atomic E-state index is 13.5. The Labute approximate surface area is 112 Å². The van der Waals surface area contributed by atoms with E-state index in [0.29, 0.717) is 23.0 Å². The van der Waals surface area contributed by atoms with Crippen molar-refractivity contribution in [2.75, 3.05) is 17.2 Å². The van der Waals surface area contributed by atoms with Gasteiger partial charge >= 0.3 is 0 Å². The molecule has 0 fully saturated rings. The maximum absolute atomic E-state index is 13.5. The number of rotatable bonds is 4. The van der Waals surface area contributed by atoms with Gasteiger partial charge in [0, 0.05) is 29.6 Å². The van der Waals surface area contributed by atoms with Crippen molar-refractivity contribution in [3.05, 3.63) is 41.3 Å². The average Bonchev–Trinajstić information content (AvgIpc) is 2.35. The summed E-state index contributed by atoms with van der Waals surface area (Å²) in [6.07, 6.45) is 0. The Kier molecular flexibility index (Phi) is 3.94. The lowest BCUT2D eigenvalue weighted by Crippen LogP contribution is -2.06. The first-order chi connectivity index (χ1) is 9.10. The summed E-state index contributed by atoms with van der Waals surface area (Å²) in [5.74, 6) is 0.985. The SMILES string of the molecule is CCNc1nc(C)cc(Nc2cccc(F)c2C)n1. The van der Waals surface area contributed by atoms with Gasteiger partial charge in [0.05, 0.1) is 0 Å². The predicted molar refractivity (Wildman–Crippen MR) is 75.4 cm³/mol. The van der Waals surface area contributed by atoms with Crippen LogP contribution in [0.3, 0.4) is 0 Å². The largest absolute Gasteiger partial charge is 0.354 e. The molecule has 2 N–H and O–H groups in total. The molecule has 2 aromatic rings. The minimum absolute atomic E-state index is 0.234. The van der Waals surface area contributed by atoms with E-state index < -0.39 is 0 Å². The molecule has 100 valence electrons. The summed E-state index contributed by atoms with van der Waals surface area (Å²) in [7, 11) is 0. The van der Waals surface area contributed by atoms with Crippen LogP contribution in [0.2, 0.25) is 0 Å². The number of benzene rings is 1. The normalized spacial score (nSPS) is 10.3. The number of hydrogen-bond donors (Lipinski definition) is 2. The molecule has 0 spiro atoms. The van der Waals surface area contributed by atoms with Crippen molar-refractivity contribution in [1.29, 1.82) is 0 Å². The molecule has 1 aromatic heterocycles. The second kappa shape index (κ2) is 5.65. The first-order valence-corrected chi connectivity index (χ1v) is 6.22. The van der Waals surface area contributed by atoms with Gasteiger partial charge in [-0.3, -0.25) is 0 Å². The van der Waals surface area contributed by atoms with Crippen LogP contribution in [0, 0.1) is 19.7 Å². The van der Waals surface area contributed by atoms with Gasteiger partial charge in [-0.2, -0.15) is 4.98 Å². The molecule has 0 aliphatic rings. The van der Waals surface area contributed by atoms with Crippen LogP contribution in [0.4, 0.5) is 21.8 Å². The van der Waals surface area contributed by atoms with E-state index in [0.717, 1.165) is 12.2 Å². The smallest absolute Gasteiger partial charge is 0.224 e. The van der Waals surface area contributed by atoms with Gasteiger partial charge in [0.15, 0.2) is 0 Å². The minimum Gasteiger partial charge on any atom is -0.354 e. The van der Waals surface area contributed by atoms with E-state index >= 15 is 0 Å². The van der Waals surface area contributed by atoms with Crippen molar-refractivity contribution >= 4 is 17.5 Å². The third kappa shape index (κ3) is 3.19. The number of aryl methyl sites for hydroxylation is 1. The van der Waals surface area contributed by atoms with Crippen LogP contribution in [0.5, 0.6) is 0 Å². The molecule has 0 aliphatic heterocycles. The Balaban J connectivity index is 2.30. The van der Waals surface area contributed by atoms with Gasteiger partial charge in [0.1, 0.15) is 11.6 Å². The minimum atomic E-state index is -0.234. The van der Waals surface area contributed by atoms with Gasteiger partial charge in [0.25, 0.3) is 0 Å². The number of aromatic nitrogens is 2. The average molecular weight is 260 g/mol. The topological polar surface area (TPSA) is 49.8 Å². The molecule has 5 heteroatoms. The summed E-state index contributed by atoms with van der Waals surface area (Å²) in [4.78, 5) is 8.60. The molecule has 0 saturated heterocycles. The Bertz CT molecular complexity index is 584. The molecule has 2 rings (SSSR count). The monoisotopic (exact) mass is 260 g/mol. The van der Waals surface area contributed by atoms with Gasteiger partial charge in [-0.25, -0.2) is 9.37 Å². The van der Waals surface area contributed by atoms with Crippen molar-refractivity contribution in [2.45, 2.75) is 20.8 Å². The van der Waals surface area contributed by atoms with Crippen molar-refractivity contribution in [1.82, 2.24) is 9.97 Å². The first-order valence-electron chi connectivity index (χ1n) is 6.22. The highest BCUT2D eigenvalue weighted by atomic mass is 19.1. The van der Waals surface area contributed by atoms with Gasteiger partial charge in [-0.1, -0.05) is 6.07 Å². The van der Waals surface area contributed by atoms with Crippen molar-refractivity contribution in [3.8, 4) is 0 Å². The van der Waals surface area contributed by atoms with Crippen LogP contribution < -0.4 is 10.6 Å². The summed E-state index contributed by atoms with van der Waals surface area (Å²) in [6.45, 7) is 6.36. The molecule has 0 unspecified atom stereocenters. The Morgan fingerprint density at radius 1 is 1.21 bits per heavy atom.